The minimum absolute atomic E-state index is 0.148. The van der Waals surface area contributed by atoms with Crippen molar-refractivity contribution in [3.63, 3.8) is 0 Å². The largest absolute Gasteiger partial charge is 0.478 e. The van der Waals surface area contributed by atoms with Crippen molar-refractivity contribution in [3.05, 3.63) is 48.3 Å². The normalized spacial score (nSPS) is 9.95. The number of anilines is 1. The molecule has 1 aromatic carbocycles. The summed E-state index contributed by atoms with van der Waals surface area (Å²) in [6, 6.07) is 8.61. The van der Waals surface area contributed by atoms with Crippen LogP contribution in [0.25, 0.3) is 11.1 Å². The Kier molecular flexibility index (Phi) is 3.56. The van der Waals surface area contributed by atoms with Gasteiger partial charge in [0.05, 0.1) is 5.56 Å². The average molecular weight is 256 g/mol. The molecule has 19 heavy (non-hydrogen) atoms. The molecule has 96 valence electrons. The summed E-state index contributed by atoms with van der Waals surface area (Å²) in [6.07, 6.45) is 2.86. The molecule has 0 bridgehead atoms. The SMILES string of the molecule is CC(=O)Nc1ccc(-c2ccncc2C(=O)O)cc1. The zero-order chi connectivity index (χ0) is 13.8. The summed E-state index contributed by atoms with van der Waals surface area (Å²) in [6.45, 7) is 1.43. The fraction of sp³-hybridized carbons (Fsp3) is 0.0714. The van der Waals surface area contributed by atoms with Crippen molar-refractivity contribution in [2.45, 2.75) is 6.92 Å². The van der Waals surface area contributed by atoms with E-state index in [0.717, 1.165) is 5.56 Å². The first kappa shape index (κ1) is 12.8. The summed E-state index contributed by atoms with van der Waals surface area (Å²) in [5.74, 6) is -1.17. The van der Waals surface area contributed by atoms with E-state index in [1.54, 1.807) is 36.5 Å². The Hall–Kier alpha value is -2.69. The molecule has 2 aromatic rings. The van der Waals surface area contributed by atoms with Crippen molar-refractivity contribution in [3.8, 4) is 11.1 Å². The minimum atomic E-state index is -1.02. The van der Waals surface area contributed by atoms with Crippen molar-refractivity contribution >= 4 is 17.6 Å². The summed E-state index contributed by atoms with van der Waals surface area (Å²) in [4.78, 5) is 25.8. The van der Waals surface area contributed by atoms with Crippen LogP contribution in [0.5, 0.6) is 0 Å². The molecule has 1 amide bonds. The highest BCUT2D eigenvalue weighted by molar-refractivity contribution is 5.96. The molecule has 0 saturated carbocycles. The molecule has 0 fully saturated rings. The Morgan fingerprint density at radius 1 is 1.16 bits per heavy atom. The lowest BCUT2D eigenvalue weighted by molar-refractivity contribution is -0.114. The maximum absolute atomic E-state index is 11.1. The van der Waals surface area contributed by atoms with E-state index in [1.165, 1.54) is 13.1 Å². The van der Waals surface area contributed by atoms with E-state index in [9.17, 15) is 9.59 Å². The topological polar surface area (TPSA) is 79.3 Å². The van der Waals surface area contributed by atoms with Gasteiger partial charge in [0, 0.05) is 25.0 Å². The average Bonchev–Trinajstić information content (AvgIpc) is 2.39. The number of aromatic carboxylic acids is 1. The fourth-order valence-electron chi connectivity index (χ4n) is 1.75. The van der Waals surface area contributed by atoms with Crippen molar-refractivity contribution in [2.24, 2.45) is 0 Å². The third kappa shape index (κ3) is 2.95. The van der Waals surface area contributed by atoms with Crippen molar-refractivity contribution in [1.29, 1.82) is 0 Å². The summed E-state index contributed by atoms with van der Waals surface area (Å²) >= 11 is 0. The number of carbonyl (C=O) groups is 2. The van der Waals surface area contributed by atoms with Crippen LogP contribution in [0.1, 0.15) is 17.3 Å². The van der Waals surface area contributed by atoms with E-state index in [-0.39, 0.29) is 11.5 Å². The highest BCUT2D eigenvalue weighted by Gasteiger charge is 2.11. The molecule has 0 unspecified atom stereocenters. The van der Waals surface area contributed by atoms with Crippen LogP contribution in [0, 0.1) is 0 Å². The van der Waals surface area contributed by atoms with Crippen LogP contribution in [0.15, 0.2) is 42.7 Å². The van der Waals surface area contributed by atoms with Crippen molar-refractivity contribution in [1.82, 2.24) is 4.98 Å². The Balaban J connectivity index is 2.37. The van der Waals surface area contributed by atoms with Gasteiger partial charge in [0.15, 0.2) is 0 Å². The standard InChI is InChI=1S/C14H12N2O3/c1-9(17)16-11-4-2-10(3-5-11)12-6-7-15-8-13(12)14(18)19/h2-8H,1H3,(H,16,17)(H,18,19). The number of nitrogens with one attached hydrogen (secondary N) is 1. The molecular formula is C14H12N2O3. The van der Waals surface area contributed by atoms with Crippen molar-refractivity contribution in [2.75, 3.05) is 5.32 Å². The molecule has 0 radical (unpaired) electrons. The zero-order valence-electron chi connectivity index (χ0n) is 10.3. The quantitative estimate of drug-likeness (QED) is 0.883. The molecule has 5 nitrogen and oxygen atoms in total. The third-order valence-electron chi connectivity index (χ3n) is 2.57. The van der Waals surface area contributed by atoms with Gasteiger partial charge < -0.3 is 10.4 Å². The lowest BCUT2D eigenvalue weighted by Crippen LogP contribution is -2.05. The van der Waals surface area contributed by atoms with Crippen molar-refractivity contribution < 1.29 is 14.7 Å². The number of carboxylic acids is 1. The van der Waals surface area contributed by atoms with Gasteiger partial charge in [-0.05, 0) is 29.3 Å². The number of nitrogens with zero attached hydrogens (tertiary/aromatic N) is 1. The Morgan fingerprint density at radius 2 is 1.84 bits per heavy atom. The van der Waals surface area contributed by atoms with E-state index in [2.05, 4.69) is 10.3 Å². The molecule has 0 spiro atoms. The predicted molar refractivity (Wildman–Crippen MR) is 70.9 cm³/mol. The number of rotatable bonds is 3. The highest BCUT2D eigenvalue weighted by atomic mass is 16.4. The number of carbonyl (C=O) groups excluding carboxylic acids is 1. The number of pyridine rings is 1. The molecule has 0 aliphatic carbocycles. The van der Waals surface area contributed by atoms with Crippen LogP contribution in [0.3, 0.4) is 0 Å². The lowest BCUT2D eigenvalue weighted by Gasteiger charge is -2.07. The van der Waals surface area contributed by atoms with E-state index in [1.807, 2.05) is 0 Å². The molecule has 2 N–H and O–H groups in total. The van der Waals surface area contributed by atoms with Crippen LogP contribution >= 0.6 is 0 Å². The van der Waals surface area contributed by atoms with Gasteiger partial charge in [-0.3, -0.25) is 9.78 Å². The van der Waals surface area contributed by atoms with Gasteiger partial charge in [-0.1, -0.05) is 12.1 Å². The maximum atomic E-state index is 11.1. The number of carboxylic acid groups (broad SMARTS) is 1. The zero-order valence-corrected chi connectivity index (χ0v) is 10.3. The number of aromatic nitrogens is 1. The minimum Gasteiger partial charge on any atom is -0.478 e. The molecule has 1 aromatic heterocycles. The lowest BCUT2D eigenvalue weighted by atomic mass is 10.0. The summed E-state index contributed by atoms with van der Waals surface area (Å²) in [5.41, 5.74) is 2.17. The van der Waals surface area contributed by atoms with E-state index in [4.69, 9.17) is 5.11 Å². The highest BCUT2D eigenvalue weighted by Crippen LogP contribution is 2.24. The second-order valence-electron chi connectivity index (χ2n) is 3.98. The van der Waals surface area contributed by atoms with Gasteiger partial charge >= 0.3 is 5.97 Å². The van der Waals surface area contributed by atoms with Gasteiger partial charge in [0.2, 0.25) is 5.91 Å². The molecule has 5 heteroatoms. The third-order valence-corrected chi connectivity index (χ3v) is 2.57. The van der Waals surface area contributed by atoms with Crippen LogP contribution in [-0.4, -0.2) is 22.0 Å². The molecule has 0 aliphatic heterocycles. The number of hydrogen-bond acceptors (Lipinski definition) is 3. The predicted octanol–water partition coefficient (Wildman–Crippen LogP) is 2.41. The first-order chi connectivity index (χ1) is 9.08. The molecule has 1 heterocycles. The molecule has 0 saturated heterocycles. The number of amides is 1. The van der Waals surface area contributed by atoms with E-state index < -0.39 is 5.97 Å². The Bertz CT molecular complexity index is 621. The second-order valence-corrected chi connectivity index (χ2v) is 3.98. The second kappa shape index (κ2) is 5.30. The molecular weight excluding hydrogens is 244 g/mol. The monoisotopic (exact) mass is 256 g/mol. The van der Waals surface area contributed by atoms with Gasteiger partial charge in [0.25, 0.3) is 0 Å². The smallest absolute Gasteiger partial charge is 0.337 e. The Labute approximate surface area is 109 Å². The fourth-order valence-corrected chi connectivity index (χ4v) is 1.75. The van der Waals surface area contributed by atoms with Crippen LogP contribution < -0.4 is 5.32 Å². The van der Waals surface area contributed by atoms with Crippen LogP contribution in [0.2, 0.25) is 0 Å². The number of hydrogen-bond donors (Lipinski definition) is 2. The summed E-state index contributed by atoms with van der Waals surface area (Å²) in [5, 5.41) is 11.8. The summed E-state index contributed by atoms with van der Waals surface area (Å²) < 4.78 is 0. The van der Waals surface area contributed by atoms with Gasteiger partial charge in [0.1, 0.15) is 0 Å². The summed E-state index contributed by atoms with van der Waals surface area (Å²) in [7, 11) is 0. The Morgan fingerprint density at radius 3 is 2.42 bits per heavy atom. The maximum Gasteiger partial charge on any atom is 0.337 e. The van der Waals surface area contributed by atoms with Crippen LogP contribution in [-0.2, 0) is 4.79 Å². The van der Waals surface area contributed by atoms with E-state index >= 15 is 0 Å². The van der Waals surface area contributed by atoms with Gasteiger partial charge in [-0.15, -0.1) is 0 Å². The molecule has 2 rings (SSSR count). The first-order valence-corrected chi connectivity index (χ1v) is 5.63. The number of benzene rings is 1. The van der Waals surface area contributed by atoms with Gasteiger partial charge in [-0.25, -0.2) is 4.79 Å². The van der Waals surface area contributed by atoms with E-state index in [0.29, 0.717) is 11.3 Å². The molecule has 0 atom stereocenters. The first-order valence-electron chi connectivity index (χ1n) is 5.63. The van der Waals surface area contributed by atoms with Gasteiger partial charge in [-0.2, -0.15) is 0 Å². The van der Waals surface area contributed by atoms with Crippen LogP contribution in [0.4, 0.5) is 5.69 Å². The molecule has 0 aliphatic rings.